The smallest absolute Gasteiger partial charge is 0.252 e. The third-order valence-electron chi connectivity index (χ3n) is 3.97. The molecule has 1 aromatic carbocycles. The molecule has 0 bridgehead atoms. The number of ether oxygens (including phenoxy) is 1. The summed E-state index contributed by atoms with van der Waals surface area (Å²) >= 11 is 0. The molecule has 0 spiro atoms. The second-order valence-corrected chi connectivity index (χ2v) is 5.72. The van der Waals surface area contributed by atoms with Crippen LogP contribution < -0.4 is 5.32 Å². The minimum atomic E-state index is -0.676. The second kappa shape index (κ2) is 6.83. The molecule has 1 atom stereocenters. The van der Waals surface area contributed by atoms with Gasteiger partial charge < -0.3 is 19.9 Å². The van der Waals surface area contributed by atoms with Crippen LogP contribution >= 0.6 is 0 Å². The van der Waals surface area contributed by atoms with Crippen LogP contribution in [-0.4, -0.2) is 47.5 Å². The number of rotatable bonds is 5. The number of fused-ring (bicyclic) bond motifs is 1. The predicted molar refractivity (Wildman–Crippen MR) is 88.2 cm³/mol. The van der Waals surface area contributed by atoms with Crippen LogP contribution in [0.25, 0.3) is 10.9 Å². The van der Waals surface area contributed by atoms with E-state index in [9.17, 15) is 9.59 Å². The van der Waals surface area contributed by atoms with Crippen LogP contribution in [-0.2, 0) is 14.3 Å². The van der Waals surface area contributed by atoms with E-state index in [1.165, 1.54) is 0 Å². The lowest BCUT2D eigenvalue weighted by molar-refractivity contribution is -0.155. The van der Waals surface area contributed by atoms with Gasteiger partial charge in [0.1, 0.15) is 6.10 Å². The molecule has 6 heteroatoms. The zero-order valence-electron chi connectivity index (χ0n) is 13.2. The molecule has 0 radical (unpaired) electrons. The van der Waals surface area contributed by atoms with Gasteiger partial charge in [0.25, 0.3) is 5.91 Å². The van der Waals surface area contributed by atoms with Crippen LogP contribution in [0.1, 0.15) is 19.8 Å². The number of hydrogen-bond acceptors (Lipinski definition) is 3. The molecular formula is C17H21N3O3. The number of hydrogen-bond donors (Lipinski definition) is 2. The van der Waals surface area contributed by atoms with Gasteiger partial charge in [0.15, 0.2) is 0 Å². The van der Waals surface area contributed by atoms with Gasteiger partial charge in [0.05, 0.1) is 13.0 Å². The summed E-state index contributed by atoms with van der Waals surface area (Å²) in [5.74, 6) is -0.305. The third kappa shape index (κ3) is 3.53. The van der Waals surface area contributed by atoms with E-state index < -0.39 is 6.10 Å². The molecule has 122 valence electrons. The van der Waals surface area contributed by atoms with Crippen LogP contribution in [0.3, 0.4) is 0 Å². The fourth-order valence-corrected chi connectivity index (χ4v) is 2.83. The Morgan fingerprint density at radius 3 is 3.13 bits per heavy atom. The Hall–Kier alpha value is -2.34. The molecule has 0 saturated carbocycles. The molecular weight excluding hydrogens is 294 g/mol. The van der Waals surface area contributed by atoms with Gasteiger partial charge in [-0.25, -0.2) is 0 Å². The number of carbonyl (C=O) groups excluding carboxylic acids is 2. The maximum atomic E-state index is 12.3. The quantitative estimate of drug-likeness (QED) is 0.887. The van der Waals surface area contributed by atoms with Crippen molar-refractivity contribution in [3.8, 4) is 0 Å². The molecule has 1 unspecified atom stereocenters. The Kier molecular flexibility index (Phi) is 4.62. The average molecular weight is 315 g/mol. The Balaban J connectivity index is 1.61. The minimum Gasteiger partial charge on any atom is -0.366 e. The summed E-state index contributed by atoms with van der Waals surface area (Å²) in [6, 6.07) is 7.63. The number of nitrogens with one attached hydrogen (secondary N) is 2. The Morgan fingerprint density at radius 1 is 1.43 bits per heavy atom. The van der Waals surface area contributed by atoms with Crippen LogP contribution in [0, 0.1) is 0 Å². The largest absolute Gasteiger partial charge is 0.366 e. The van der Waals surface area contributed by atoms with Gasteiger partial charge >= 0.3 is 0 Å². The van der Waals surface area contributed by atoms with E-state index >= 15 is 0 Å². The van der Waals surface area contributed by atoms with Crippen LogP contribution in [0.5, 0.6) is 0 Å². The standard InChI is InChI=1S/C17H21N3O3/c1-2-7-20-8-9-23-15(17(20)22)11-16(21)19-13-4-3-12-5-6-18-14(12)10-13/h3-6,10,15,18H,2,7-9,11H2,1H3,(H,19,21). The van der Waals surface area contributed by atoms with E-state index in [0.29, 0.717) is 25.4 Å². The van der Waals surface area contributed by atoms with Crippen molar-refractivity contribution in [3.63, 3.8) is 0 Å². The van der Waals surface area contributed by atoms with Gasteiger partial charge in [-0.2, -0.15) is 0 Å². The number of nitrogens with zero attached hydrogens (tertiary/aromatic N) is 1. The molecule has 2 N–H and O–H groups in total. The SMILES string of the molecule is CCCN1CCOC(CC(=O)Nc2ccc3cc[nH]c3c2)C1=O. The fourth-order valence-electron chi connectivity index (χ4n) is 2.83. The lowest BCUT2D eigenvalue weighted by Crippen LogP contribution is -2.49. The summed E-state index contributed by atoms with van der Waals surface area (Å²) in [5.41, 5.74) is 1.67. The predicted octanol–water partition coefficient (Wildman–Crippen LogP) is 2.13. The van der Waals surface area contributed by atoms with E-state index in [4.69, 9.17) is 4.74 Å². The molecule has 2 aromatic rings. The van der Waals surface area contributed by atoms with Crippen molar-refractivity contribution in [2.45, 2.75) is 25.9 Å². The van der Waals surface area contributed by atoms with Crippen molar-refractivity contribution in [2.24, 2.45) is 0 Å². The minimum absolute atomic E-state index is 0.0435. The highest BCUT2D eigenvalue weighted by Gasteiger charge is 2.30. The number of aromatic nitrogens is 1. The first-order chi connectivity index (χ1) is 11.2. The lowest BCUT2D eigenvalue weighted by Gasteiger charge is -2.32. The number of amides is 2. The number of carbonyl (C=O) groups is 2. The topological polar surface area (TPSA) is 74.4 Å². The first-order valence-electron chi connectivity index (χ1n) is 7.94. The van der Waals surface area contributed by atoms with Crippen LogP contribution in [0.2, 0.25) is 0 Å². The Labute approximate surface area is 134 Å². The Morgan fingerprint density at radius 2 is 2.30 bits per heavy atom. The summed E-state index contributed by atoms with van der Waals surface area (Å²) in [4.78, 5) is 29.3. The lowest BCUT2D eigenvalue weighted by atomic mass is 10.1. The number of morpholine rings is 1. The molecule has 6 nitrogen and oxygen atoms in total. The first kappa shape index (κ1) is 15.6. The number of anilines is 1. The van der Waals surface area contributed by atoms with Gasteiger partial charge in [0.2, 0.25) is 5.91 Å². The first-order valence-corrected chi connectivity index (χ1v) is 7.94. The van der Waals surface area contributed by atoms with E-state index in [0.717, 1.165) is 17.3 Å². The van der Waals surface area contributed by atoms with Crippen LogP contribution in [0.4, 0.5) is 5.69 Å². The van der Waals surface area contributed by atoms with Gasteiger partial charge in [0, 0.05) is 30.5 Å². The van der Waals surface area contributed by atoms with Crippen molar-refractivity contribution in [2.75, 3.05) is 25.0 Å². The molecule has 3 rings (SSSR count). The van der Waals surface area contributed by atoms with Gasteiger partial charge in [-0.3, -0.25) is 9.59 Å². The maximum absolute atomic E-state index is 12.3. The molecule has 1 aliphatic rings. The van der Waals surface area contributed by atoms with Gasteiger partial charge in [-0.15, -0.1) is 0 Å². The van der Waals surface area contributed by atoms with Crippen molar-refractivity contribution < 1.29 is 14.3 Å². The highest BCUT2D eigenvalue weighted by atomic mass is 16.5. The molecule has 1 fully saturated rings. The normalized spacial score (nSPS) is 18.4. The number of aromatic amines is 1. The van der Waals surface area contributed by atoms with E-state index in [1.807, 2.05) is 37.4 Å². The second-order valence-electron chi connectivity index (χ2n) is 5.72. The maximum Gasteiger partial charge on any atom is 0.252 e. The summed E-state index contributed by atoms with van der Waals surface area (Å²) < 4.78 is 5.47. The summed E-state index contributed by atoms with van der Waals surface area (Å²) in [6.45, 7) is 3.83. The summed E-state index contributed by atoms with van der Waals surface area (Å²) in [5, 5.41) is 3.92. The zero-order chi connectivity index (χ0) is 16.2. The number of H-pyrrole nitrogens is 1. The molecule has 23 heavy (non-hydrogen) atoms. The molecule has 0 aliphatic carbocycles. The monoisotopic (exact) mass is 315 g/mol. The average Bonchev–Trinajstić information content (AvgIpc) is 2.99. The van der Waals surface area contributed by atoms with E-state index in [1.54, 1.807) is 4.90 Å². The van der Waals surface area contributed by atoms with Crippen LogP contribution in [0.15, 0.2) is 30.5 Å². The molecule has 1 aliphatic heterocycles. The fraction of sp³-hybridized carbons (Fsp3) is 0.412. The van der Waals surface area contributed by atoms with Crippen molar-refractivity contribution in [3.05, 3.63) is 30.5 Å². The van der Waals surface area contributed by atoms with Gasteiger partial charge in [-0.05, 0) is 30.0 Å². The highest BCUT2D eigenvalue weighted by Crippen LogP contribution is 2.18. The molecule has 1 saturated heterocycles. The molecule has 2 amide bonds. The van der Waals surface area contributed by atoms with Gasteiger partial charge in [-0.1, -0.05) is 13.0 Å². The van der Waals surface area contributed by atoms with Crippen molar-refractivity contribution >= 4 is 28.4 Å². The van der Waals surface area contributed by atoms with E-state index in [2.05, 4.69) is 10.3 Å². The summed E-state index contributed by atoms with van der Waals surface area (Å²) in [6.07, 6.45) is 2.12. The zero-order valence-corrected chi connectivity index (χ0v) is 13.2. The Bertz CT molecular complexity index is 708. The highest BCUT2D eigenvalue weighted by molar-refractivity contribution is 5.96. The van der Waals surface area contributed by atoms with Crippen molar-refractivity contribution in [1.82, 2.24) is 9.88 Å². The van der Waals surface area contributed by atoms with Crippen molar-refractivity contribution in [1.29, 1.82) is 0 Å². The third-order valence-corrected chi connectivity index (χ3v) is 3.97. The molecule has 1 aromatic heterocycles. The number of benzene rings is 1. The molecule has 2 heterocycles. The van der Waals surface area contributed by atoms with E-state index in [-0.39, 0.29) is 18.2 Å². The summed E-state index contributed by atoms with van der Waals surface area (Å²) in [7, 11) is 0.